The summed E-state index contributed by atoms with van der Waals surface area (Å²) in [5.41, 5.74) is 1.21. The number of rotatable bonds is 5. The first-order valence-electron chi connectivity index (χ1n) is 5.74. The number of hydrogen-bond acceptors (Lipinski definition) is 4. The zero-order valence-corrected chi connectivity index (χ0v) is 10.8. The number of benzene rings is 1. The van der Waals surface area contributed by atoms with Crippen molar-refractivity contribution in [3.63, 3.8) is 0 Å². The van der Waals surface area contributed by atoms with Crippen molar-refractivity contribution in [3.8, 4) is 11.8 Å². The number of carbonyl (C=O) groups excluding carboxylic acids is 1. The van der Waals surface area contributed by atoms with Crippen LogP contribution in [0, 0.1) is 11.3 Å². The summed E-state index contributed by atoms with van der Waals surface area (Å²) in [6.07, 6.45) is 0. The number of anilines is 1. The molecule has 0 aliphatic rings. The van der Waals surface area contributed by atoms with Gasteiger partial charge in [-0.25, -0.2) is 0 Å². The fraction of sp³-hybridized carbons (Fsp3) is 0.385. The van der Waals surface area contributed by atoms with Crippen LogP contribution in [0.3, 0.4) is 0 Å². The molecule has 0 aliphatic carbocycles. The van der Waals surface area contributed by atoms with Gasteiger partial charge in [0.15, 0.2) is 0 Å². The van der Waals surface area contributed by atoms with Crippen LogP contribution in [0.15, 0.2) is 18.2 Å². The van der Waals surface area contributed by atoms with E-state index in [0.717, 1.165) is 0 Å². The second-order valence-electron chi connectivity index (χ2n) is 3.79. The van der Waals surface area contributed by atoms with E-state index in [4.69, 9.17) is 10.00 Å². The van der Waals surface area contributed by atoms with Crippen LogP contribution in [0.5, 0.6) is 5.75 Å². The number of methoxy groups -OCH3 is 1. The molecule has 0 spiro atoms. The highest BCUT2D eigenvalue weighted by molar-refractivity contribution is 5.84. The van der Waals surface area contributed by atoms with Gasteiger partial charge in [-0.3, -0.25) is 4.79 Å². The summed E-state index contributed by atoms with van der Waals surface area (Å²) in [6.45, 7) is 4.23. The quantitative estimate of drug-likeness (QED) is 0.827. The van der Waals surface area contributed by atoms with Crippen molar-refractivity contribution in [3.05, 3.63) is 23.8 Å². The standard InChI is InChI=1S/C13H17N3O2/c1-4-15-13(17)9(2)16-11-6-5-10(8-14)7-12(11)18-3/h5-7,9,16H,4H2,1-3H3,(H,15,17). The Kier molecular flexibility index (Phi) is 5.00. The molecule has 0 fully saturated rings. The first-order chi connectivity index (χ1) is 8.62. The van der Waals surface area contributed by atoms with E-state index in [0.29, 0.717) is 23.5 Å². The maximum absolute atomic E-state index is 11.6. The molecular weight excluding hydrogens is 230 g/mol. The van der Waals surface area contributed by atoms with Crippen LogP contribution in [0.25, 0.3) is 0 Å². The number of carbonyl (C=O) groups is 1. The van der Waals surface area contributed by atoms with Crippen LogP contribution < -0.4 is 15.4 Å². The lowest BCUT2D eigenvalue weighted by Gasteiger charge is -2.17. The fourth-order valence-electron chi connectivity index (χ4n) is 1.51. The van der Waals surface area contributed by atoms with E-state index in [2.05, 4.69) is 10.6 Å². The summed E-state index contributed by atoms with van der Waals surface area (Å²) in [5.74, 6) is 0.467. The van der Waals surface area contributed by atoms with Crippen LogP contribution in [-0.2, 0) is 4.79 Å². The van der Waals surface area contributed by atoms with E-state index in [-0.39, 0.29) is 11.9 Å². The molecule has 0 aliphatic heterocycles. The molecule has 2 N–H and O–H groups in total. The van der Waals surface area contributed by atoms with E-state index in [1.165, 1.54) is 7.11 Å². The van der Waals surface area contributed by atoms with Crippen LogP contribution in [0.2, 0.25) is 0 Å². The van der Waals surface area contributed by atoms with Gasteiger partial charge in [-0.15, -0.1) is 0 Å². The molecule has 1 unspecified atom stereocenters. The summed E-state index contributed by atoms with van der Waals surface area (Å²) in [5, 5.41) is 14.6. The lowest BCUT2D eigenvalue weighted by Crippen LogP contribution is -2.37. The number of hydrogen-bond donors (Lipinski definition) is 2. The van der Waals surface area contributed by atoms with Crippen molar-refractivity contribution >= 4 is 11.6 Å². The molecule has 0 saturated heterocycles. The van der Waals surface area contributed by atoms with E-state index < -0.39 is 0 Å². The average molecular weight is 247 g/mol. The SMILES string of the molecule is CCNC(=O)C(C)Nc1ccc(C#N)cc1OC. The summed E-state index contributed by atoms with van der Waals surface area (Å²) < 4.78 is 5.18. The third kappa shape index (κ3) is 3.39. The van der Waals surface area contributed by atoms with Gasteiger partial charge in [0.2, 0.25) is 5.91 Å². The molecule has 1 atom stereocenters. The van der Waals surface area contributed by atoms with Gasteiger partial charge in [-0.05, 0) is 26.0 Å². The second-order valence-corrected chi connectivity index (χ2v) is 3.79. The molecular formula is C13H17N3O2. The minimum absolute atomic E-state index is 0.0797. The van der Waals surface area contributed by atoms with Gasteiger partial charge < -0.3 is 15.4 Å². The molecule has 1 rings (SSSR count). The van der Waals surface area contributed by atoms with Crippen molar-refractivity contribution < 1.29 is 9.53 Å². The Morgan fingerprint density at radius 1 is 1.56 bits per heavy atom. The summed E-state index contributed by atoms with van der Waals surface area (Å²) >= 11 is 0. The zero-order valence-electron chi connectivity index (χ0n) is 10.8. The molecule has 1 amide bonds. The van der Waals surface area contributed by atoms with Crippen LogP contribution in [-0.4, -0.2) is 25.6 Å². The van der Waals surface area contributed by atoms with Crippen molar-refractivity contribution in [2.75, 3.05) is 19.0 Å². The number of nitriles is 1. The highest BCUT2D eigenvalue weighted by Crippen LogP contribution is 2.25. The Morgan fingerprint density at radius 3 is 2.83 bits per heavy atom. The van der Waals surface area contributed by atoms with Gasteiger partial charge in [0, 0.05) is 12.6 Å². The van der Waals surface area contributed by atoms with Gasteiger partial charge in [0.25, 0.3) is 0 Å². The van der Waals surface area contributed by atoms with Gasteiger partial charge >= 0.3 is 0 Å². The van der Waals surface area contributed by atoms with Crippen LogP contribution in [0.1, 0.15) is 19.4 Å². The first-order valence-corrected chi connectivity index (χ1v) is 5.74. The maximum atomic E-state index is 11.6. The summed E-state index contributed by atoms with van der Waals surface area (Å²) in [7, 11) is 1.53. The molecule has 96 valence electrons. The smallest absolute Gasteiger partial charge is 0.242 e. The largest absolute Gasteiger partial charge is 0.495 e. The third-order valence-electron chi connectivity index (χ3n) is 2.45. The van der Waals surface area contributed by atoms with Gasteiger partial charge in [-0.2, -0.15) is 5.26 Å². The molecule has 0 aromatic heterocycles. The lowest BCUT2D eigenvalue weighted by atomic mass is 10.2. The highest BCUT2D eigenvalue weighted by Gasteiger charge is 2.13. The van der Waals surface area contributed by atoms with E-state index in [1.54, 1.807) is 25.1 Å². The van der Waals surface area contributed by atoms with Crippen LogP contribution in [0.4, 0.5) is 5.69 Å². The fourth-order valence-corrected chi connectivity index (χ4v) is 1.51. The molecule has 18 heavy (non-hydrogen) atoms. The Balaban J connectivity index is 2.84. The summed E-state index contributed by atoms with van der Waals surface area (Å²) in [6, 6.07) is 6.71. The van der Waals surface area contributed by atoms with Crippen molar-refractivity contribution in [2.24, 2.45) is 0 Å². The predicted octanol–water partition coefficient (Wildman–Crippen LogP) is 1.50. The third-order valence-corrected chi connectivity index (χ3v) is 2.45. The predicted molar refractivity (Wildman–Crippen MR) is 69.5 cm³/mol. The van der Waals surface area contributed by atoms with Crippen molar-refractivity contribution in [2.45, 2.75) is 19.9 Å². The van der Waals surface area contributed by atoms with E-state index in [9.17, 15) is 4.79 Å². The Bertz CT molecular complexity index is 466. The molecule has 5 heteroatoms. The lowest BCUT2D eigenvalue weighted by molar-refractivity contribution is -0.121. The zero-order chi connectivity index (χ0) is 13.5. The average Bonchev–Trinajstić information content (AvgIpc) is 2.39. The van der Waals surface area contributed by atoms with Crippen molar-refractivity contribution in [1.82, 2.24) is 5.32 Å². The number of nitrogens with zero attached hydrogens (tertiary/aromatic N) is 1. The van der Waals surface area contributed by atoms with Gasteiger partial charge in [-0.1, -0.05) is 0 Å². The molecule has 1 aromatic carbocycles. The Hall–Kier alpha value is -2.22. The molecule has 0 heterocycles. The Labute approximate surface area is 107 Å². The molecule has 5 nitrogen and oxygen atoms in total. The highest BCUT2D eigenvalue weighted by atomic mass is 16.5. The monoisotopic (exact) mass is 247 g/mol. The van der Waals surface area contributed by atoms with Gasteiger partial charge in [0.1, 0.15) is 11.8 Å². The second kappa shape index (κ2) is 6.50. The Morgan fingerprint density at radius 2 is 2.28 bits per heavy atom. The van der Waals surface area contributed by atoms with Crippen molar-refractivity contribution in [1.29, 1.82) is 5.26 Å². The van der Waals surface area contributed by atoms with Gasteiger partial charge in [0.05, 0.1) is 24.4 Å². The van der Waals surface area contributed by atoms with Crippen LogP contribution >= 0.6 is 0 Å². The minimum Gasteiger partial charge on any atom is -0.495 e. The molecule has 0 bridgehead atoms. The minimum atomic E-state index is -0.369. The first kappa shape index (κ1) is 13.8. The number of nitrogens with one attached hydrogen (secondary N) is 2. The maximum Gasteiger partial charge on any atom is 0.242 e. The molecule has 1 aromatic rings. The topological polar surface area (TPSA) is 74.2 Å². The normalized spacial score (nSPS) is 11.2. The number of amides is 1. The summed E-state index contributed by atoms with van der Waals surface area (Å²) in [4.78, 5) is 11.6. The van der Waals surface area contributed by atoms with E-state index in [1.807, 2.05) is 13.0 Å². The molecule has 0 radical (unpaired) electrons. The number of ether oxygens (including phenoxy) is 1. The molecule has 0 saturated carbocycles. The van der Waals surface area contributed by atoms with E-state index >= 15 is 0 Å². The number of likely N-dealkylation sites (N-methyl/N-ethyl adjacent to an activating group) is 1.